The summed E-state index contributed by atoms with van der Waals surface area (Å²) in [6.45, 7) is 5.76. The molecule has 0 bridgehead atoms. The number of hydrogen-bond donors (Lipinski definition) is 1. The van der Waals surface area contributed by atoms with Crippen molar-refractivity contribution in [1.82, 2.24) is 19.4 Å². The molecule has 132 valence electrons. The summed E-state index contributed by atoms with van der Waals surface area (Å²) in [4.78, 5) is 3.79. The van der Waals surface area contributed by atoms with Crippen LogP contribution in [0.15, 0.2) is 29.8 Å². The molecule has 0 spiro atoms. The number of nitrogens with one attached hydrogen (secondary N) is 1. The van der Waals surface area contributed by atoms with Gasteiger partial charge >= 0.3 is 0 Å². The van der Waals surface area contributed by atoms with Crippen LogP contribution < -0.4 is 4.72 Å². The molecule has 0 saturated heterocycles. The van der Waals surface area contributed by atoms with E-state index in [4.69, 9.17) is 0 Å². The Morgan fingerprint density at radius 3 is 3.00 bits per heavy atom. The van der Waals surface area contributed by atoms with Gasteiger partial charge in [0, 0.05) is 43.8 Å². The van der Waals surface area contributed by atoms with Crippen LogP contribution in [-0.4, -0.2) is 41.9 Å². The van der Waals surface area contributed by atoms with Crippen LogP contribution in [0.2, 0.25) is 0 Å². The molecule has 0 radical (unpaired) electrons. The van der Waals surface area contributed by atoms with E-state index in [-0.39, 0.29) is 5.75 Å². The molecule has 1 N–H and O–H groups in total. The number of rotatable bonds is 7. The molecule has 0 aromatic carbocycles. The molecule has 6 nitrogen and oxygen atoms in total. The first-order chi connectivity index (χ1) is 11.6. The molecule has 2 aromatic rings. The fourth-order valence-corrected chi connectivity index (χ4v) is 4.45. The van der Waals surface area contributed by atoms with Crippen LogP contribution in [0.5, 0.6) is 0 Å². The summed E-state index contributed by atoms with van der Waals surface area (Å²) in [6, 6.07) is 6.32. The molecular formula is C16H24N4O2S2. The van der Waals surface area contributed by atoms with E-state index in [2.05, 4.69) is 43.0 Å². The first-order valence-corrected chi connectivity index (χ1v) is 10.8. The quantitative estimate of drug-likeness (QED) is 0.811. The van der Waals surface area contributed by atoms with Gasteiger partial charge in [-0.2, -0.15) is 5.10 Å². The first-order valence-electron chi connectivity index (χ1n) is 8.28. The lowest BCUT2D eigenvalue weighted by Crippen LogP contribution is -2.32. The highest BCUT2D eigenvalue weighted by Crippen LogP contribution is 2.21. The van der Waals surface area contributed by atoms with E-state index in [1.54, 1.807) is 18.3 Å². The lowest BCUT2D eigenvalue weighted by Gasteiger charge is -2.23. The molecule has 1 atom stereocenters. The molecule has 3 rings (SSSR count). The van der Waals surface area contributed by atoms with Crippen LogP contribution in [0, 0.1) is 5.92 Å². The fraction of sp³-hybridized carbons (Fsp3) is 0.562. The second-order valence-electron chi connectivity index (χ2n) is 6.21. The zero-order valence-corrected chi connectivity index (χ0v) is 15.5. The Hall–Kier alpha value is -1.22. The van der Waals surface area contributed by atoms with Crippen molar-refractivity contribution in [2.75, 3.05) is 18.8 Å². The van der Waals surface area contributed by atoms with E-state index in [9.17, 15) is 8.42 Å². The van der Waals surface area contributed by atoms with Gasteiger partial charge in [-0.3, -0.25) is 9.58 Å². The Kier molecular flexibility index (Phi) is 5.70. The highest BCUT2D eigenvalue weighted by molar-refractivity contribution is 7.89. The molecule has 0 saturated carbocycles. The van der Waals surface area contributed by atoms with E-state index in [1.807, 2.05) is 6.20 Å². The zero-order valence-electron chi connectivity index (χ0n) is 13.9. The van der Waals surface area contributed by atoms with Gasteiger partial charge in [-0.15, -0.1) is 11.3 Å². The van der Waals surface area contributed by atoms with Gasteiger partial charge in [0.2, 0.25) is 10.0 Å². The van der Waals surface area contributed by atoms with E-state index in [0.717, 1.165) is 32.6 Å². The van der Waals surface area contributed by atoms with E-state index < -0.39 is 10.0 Å². The van der Waals surface area contributed by atoms with Crippen LogP contribution >= 0.6 is 11.3 Å². The van der Waals surface area contributed by atoms with Crippen molar-refractivity contribution < 1.29 is 8.42 Å². The second kappa shape index (κ2) is 7.77. The van der Waals surface area contributed by atoms with Gasteiger partial charge in [0.05, 0.1) is 11.4 Å². The molecule has 8 heteroatoms. The minimum Gasteiger partial charge on any atom is -0.292 e. The van der Waals surface area contributed by atoms with Crippen LogP contribution in [0.3, 0.4) is 0 Å². The Labute approximate surface area is 147 Å². The molecule has 1 aliphatic heterocycles. The predicted molar refractivity (Wildman–Crippen MR) is 96.2 cm³/mol. The number of nitrogens with zero attached hydrogens (tertiary/aromatic N) is 3. The minimum absolute atomic E-state index is 0.130. The summed E-state index contributed by atoms with van der Waals surface area (Å²) in [7, 11) is -3.12. The van der Waals surface area contributed by atoms with Gasteiger partial charge in [0.15, 0.2) is 0 Å². The van der Waals surface area contributed by atoms with Crippen LogP contribution in [0.25, 0.3) is 0 Å². The van der Waals surface area contributed by atoms with E-state index >= 15 is 0 Å². The van der Waals surface area contributed by atoms with Crippen molar-refractivity contribution in [2.45, 2.75) is 33.0 Å². The van der Waals surface area contributed by atoms with Crippen molar-refractivity contribution >= 4 is 21.4 Å². The average molecular weight is 369 g/mol. The van der Waals surface area contributed by atoms with Crippen molar-refractivity contribution in [1.29, 1.82) is 0 Å². The topological polar surface area (TPSA) is 67.2 Å². The van der Waals surface area contributed by atoms with Gasteiger partial charge in [-0.25, -0.2) is 13.1 Å². The maximum Gasteiger partial charge on any atom is 0.211 e. The third-order valence-electron chi connectivity index (χ3n) is 4.35. The second-order valence-corrected chi connectivity index (χ2v) is 9.33. The zero-order chi connectivity index (χ0) is 17.0. The Balaban J connectivity index is 1.65. The molecule has 0 amide bonds. The largest absolute Gasteiger partial charge is 0.292 e. The van der Waals surface area contributed by atoms with Crippen LogP contribution in [-0.2, 0) is 29.7 Å². The number of hydrogen-bond acceptors (Lipinski definition) is 5. The molecular weight excluding hydrogens is 344 g/mol. The fourth-order valence-electron chi connectivity index (χ4n) is 3.07. The number of aromatic nitrogens is 2. The van der Waals surface area contributed by atoms with E-state index in [0.29, 0.717) is 12.5 Å². The summed E-state index contributed by atoms with van der Waals surface area (Å²) in [5.41, 5.74) is 1.23. The lowest BCUT2D eigenvalue weighted by molar-refractivity contribution is 0.217. The molecule has 0 fully saturated rings. The van der Waals surface area contributed by atoms with Gasteiger partial charge in [-0.1, -0.05) is 6.07 Å². The number of thiophene rings is 1. The smallest absolute Gasteiger partial charge is 0.211 e. The monoisotopic (exact) mass is 368 g/mol. The molecule has 2 aromatic heterocycles. The SMILES string of the molecule is CCS(=O)(=O)NCC[C@H]1CN(Cc2cccs2)Cc2ccnn2C1. The Bertz CT molecular complexity index is 740. The third-order valence-corrected chi connectivity index (χ3v) is 6.62. The van der Waals surface area contributed by atoms with Gasteiger partial charge in [0.1, 0.15) is 0 Å². The summed E-state index contributed by atoms with van der Waals surface area (Å²) < 4.78 is 28.0. The van der Waals surface area contributed by atoms with Crippen molar-refractivity contribution in [2.24, 2.45) is 5.92 Å². The summed E-state index contributed by atoms with van der Waals surface area (Å²) in [5.74, 6) is 0.511. The highest BCUT2D eigenvalue weighted by atomic mass is 32.2. The standard InChI is InChI=1S/C16H24N4O2S2/c1-2-24(21,22)18-8-5-14-10-19(13-16-4-3-9-23-16)12-15-6-7-17-20(15)11-14/h3-4,6-7,9,14,18H,2,5,8,10-13H2,1H3/t14-/m0/s1. The maximum absolute atomic E-state index is 11.6. The highest BCUT2D eigenvalue weighted by Gasteiger charge is 2.22. The average Bonchev–Trinajstić information content (AvgIpc) is 3.17. The Morgan fingerprint density at radius 1 is 1.38 bits per heavy atom. The number of sulfonamides is 1. The van der Waals surface area contributed by atoms with Crippen molar-refractivity contribution in [3.63, 3.8) is 0 Å². The van der Waals surface area contributed by atoms with E-state index in [1.165, 1.54) is 10.6 Å². The molecule has 3 heterocycles. The number of fused-ring (bicyclic) bond motifs is 1. The lowest BCUT2D eigenvalue weighted by atomic mass is 10.1. The molecule has 24 heavy (non-hydrogen) atoms. The van der Waals surface area contributed by atoms with Crippen molar-refractivity contribution in [3.8, 4) is 0 Å². The normalized spacial score (nSPS) is 19.1. The summed E-state index contributed by atoms with van der Waals surface area (Å²) in [6.07, 6.45) is 2.67. The predicted octanol–water partition coefficient (Wildman–Crippen LogP) is 1.91. The summed E-state index contributed by atoms with van der Waals surface area (Å²) >= 11 is 1.78. The van der Waals surface area contributed by atoms with Crippen LogP contribution in [0.1, 0.15) is 23.9 Å². The molecule has 0 unspecified atom stereocenters. The molecule has 1 aliphatic rings. The third kappa shape index (κ3) is 4.66. The first kappa shape index (κ1) is 17.6. The summed E-state index contributed by atoms with van der Waals surface area (Å²) in [5, 5.41) is 6.53. The van der Waals surface area contributed by atoms with Gasteiger partial charge in [-0.05, 0) is 36.8 Å². The van der Waals surface area contributed by atoms with Gasteiger partial charge in [0.25, 0.3) is 0 Å². The Morgan fingerprint density at radius 2 is 2.25 bits per heavy atom. The van der Waals surface area contributed by atoms with Crippen molar-refractivity contribution in [3.05, 3.63) is 40.3 Å². The molecule has 0 aliphatic carbocycles. The van der Waals surface area contributed by atoms with Crippen LogP contribution in [0.4, 0.5) is 0 Å². The van der Waals surface area contributed by atoms with Gasteiger partial charge < -0.3 is 0 Å². The maximum atomic E-state index is 11.6. The minimum atomic E-state index is -3.12.